The number of hydrogen-bond acceptors (Lipinski definition) is 2. The van der Waals surface area contributed by atoms with Gasteiger partial charge in [-0.3, -0.25) is 4.98 Å². The quantitative estimate of drug-likeness (QED) is 0.642. The number of aryl methyl sites for hydroxylation is 2. The van der Waals surface area contributed by atoms with E-state index in [2.05, 4.69) is 11.1 Å². The number of hydrogen-bond donors (Lipinski definition) is 1. The monoisotopic (exact) mass is 369 g/mol. The normalized spacial score (nSPS) is 10.8. The second-order valence-corrected chi connectivity index (χ2v) is 6.90. The van der Waals surface area contributed by atoms with E-state index in [0.29, 0.717) is 11.3 Å². The Bertz CT molecular complexity index is 928. The van der Waals surface area contributed by atoms with Crippen molar-refractivity contribution in [1.29, 1.82) is 0 Å². The Labute approximate surface area is 158 Å². The van der Waals surface area contributed by atoms with Crippen LogP contribution in [0.5, 0.6) is 0 Å². The van der Waals surface area contributed by atoms with Crippen LogP contribution in [0.25, 0.3) is 22.3 Å². The van der Waals surface area contributed by atoms with Crippen LogP contribution in [-0.4, -0.2) is 17.5 Å². The fourth-order valence-electron chi connectivity index (χ4n) is 2.87. The Morgan fingerprint density at radius 3 is 2.12 bits per heavy atom. The van der Waals surface area contributed by atoms with Gasteiger partial charge in [-0.1, -0.05) is 47.5 Å². The van der Waals surface area contributed by atoms with Gasteiger partial charge in [0, 0.05) is 27.5 Å². The van der Waals surface area contributed by atoms with Crippen molar-refractivity contribution in [2.45, 2.75) is 20.2 Å². The van der Waals surface area contributed by atoms with Crippen LogP contribution in [-0.2, 0) is 6.32 Å². The van der Waals surface area contributed by atoms with Crippen LogP contribution >= 0.6 is 23.2 Å². The van der Waals surface area contributed by atoms with Crippen LogP contribution in [0.2, 0.25) is 10.0 Å². The topological polar surface area (TPSA) is 33.1 Å². The number of benzene rings is 2. The molecule has 1 aromatic heterocycles. The molecular formula is C20H18BCl2NO. The summed E-state index contributed by atoms with van der Waals surface area (Å²) in [4.78, 5) is 4.49. The number of halogens is 2. The average molecular weight is 370 g/mol. The van der Waals surface area contributed by atoms with Crippen molar-refractivity contribution >= 4 is 30.7 Å². The van der Waals surface area contributed by atoms with Crippen molar-refractivity contribution in [1.82, 2.24) is 4.98 Å². The molecule has 126 valence electrons. The Kier molecular flexibility index (Phi) is 5.48. The van der Waals surface area contributed by atoms with Gasteiger partial charge in [0.1, 0.15) is 0 Å². The molecule has 0 saturated heterocycles. The van der Waals surface area contributed by atoms with E-state index in [1.165, 1.54) is 0 Å². The van der Waals surface area contributed by atoms with E-state index in [1.54, 1.807) is 6.20 Å². The van der Waals surface area contributed by atoms with Gasteiger partial charge >= 0.3 is 0 Å². The molecule has 0 aliphatic heterocycles. The van der Waals surface area contributed by atoms with E-state index in [9.17, 15) is 5.02 Å². The van der Waals surface area contributed by atoms with Gasteiger partial charge in [0.05, 0.1) is 0 Å². The molecule has 2 nitrogen and oxygen atoms in total. The zero-order valence-corrected chi connectivity index (χ0v) is 15.7. The molecule has 1 N–H and O–H groups in total. The fourth-order valence-corrected chi connectivity index (χ4v) is 3.23. The summed E-state index contributed by atoms with van der Waals surface area (Å²) in [5.41, 5.74) is 6.92. The molecule has 25 heavy (non-hydrogen) atoms. The predicted molar refractivity (Wildman–Crippen MR) is 108 cm³/mol. The van der Waals surface area contributed by atoms with Crippen LogP contribution in [0.4, 0.5) is 0 Å². The van der Waals surface area contributed by atoms with Gasteiger partial charge in [0.2, 0.25) is 0 Å². The maximum absolute atomic E-state index is 9.44. The van der Waals surface area contributed by atoms with Crippen molar-refractivity contribution in [2.75, 3.05) is 0 Å². The number of aromatic nitrogens is 1. The Morgan fingerprint density at radius 2 is 1.52 bits per heavy atom. The van der Waals surface area contributed by atoms with Crippen LogP contribution < -0.4 is 0 Å². The van der Waals surface area contributed by atoms with Crippen LogP contribution in [0.3, 0.4) is 0 Å². The molecule has 0 aliphatic rings. The summed E-state index contributed by atoms with van der Waals surface area (Å²) in [6.45, 7) is 3.96. The van der Waals surface area contributed by atoms with Crippen LogP contribution in [0, 0.1) is 13.8 Å². The third-order valence-corrected chi connectivity index (χ3v) is 5.14. The molecular weight excluding hydrogens is 352 g/mol. The molecule has 0 saturated carbocycles. The molecule has 0 unspecified atom stereocenters. The minimum absolute atomic E-state index is 0.0394. The van der Waals surface area contributed by atoms with Crippen LogP contribution in [0.1, 0.15) is 16.8 Å². The highest BCUT2D eigenvalue weighted by molar-refractivity contribution is 6.32. The molecule has 0 spiro atoms. The maximum atomic E-state index is 9.44. The highest BCUT2D eigenvalue weighted by atomic mass is 35.5. The second-order valence-electron chi connectivity index (χ2n) is 6.08. The molecule has 0 aliphatic carbocycles. The Hall–Kier alpha value is -1.81. The third-order valence-electron chi connectivity index (χ3n) is 4.32. The lowest BCUT2D eigenvalue weighted by Crippen LogP contribution is -2.02. The summed E-state index contributed by atoms with van der Waals surface area (Å²) < 4.78 is 0. The summed E-state index contributed by atoms with van der Waals surface area (Å²) in [6.07, 6.45) is 2.25. The van der Waals surface area contributed by atoms with Gasteiger partial charge in [0.25, 0.3) is 7.48 Å². The first-order chi connectivity index (χ1) is 12.0. The van der Waals surface area contributed by atoms with Crippen molar-refractivity contribution in [2.24, 2.45) is 0 Å². The van der Waals surface area contributed by atoms with Crippen molar-refractivity contribution in [3.63, 3.8) is 0 Å². The molecule has 3 aromatic rings. The molecule has 1 heterocycles. The van der Waals surface area contributed by atoms with Gasteiger partial charge in [-0.25, -0.2) is 0 Å². The van der Waals surface area contributed by atoms with Crippen molar-refractivity contribution in [3.05, 3.63) is 75.5 Å². The molecule has 0 radical (unpaired) electrons. The van der Waals surface area contributed by atoms with Gasteiger partial charge < -0.3 is 5.02 Å². The van der Waals surface area contributed by atoms with Gasteiger partial charge in [-0.15, -0.1) is 0 Å². The summed E-state index contributed by atoms with van der Waals surface area (Å²) >= 11 is 12.7. The molecule has 2 aromatic carbocycles. The van der Waals surface area contributed by atoms with E-state index in [1.807, 2.05) is 50.2 Å². The molecule has 0 amide bonds. The summed E-state index contributed by atoms with van der Waals surface area (Å²) in [7, 11) is 0.0394. The first-order valence-electron chi connectivity index (χ1n) is 8.13. The fraction of sp³-hybridized carbons (Fsp3) is 0.150. The van der Waals surface area contributed by atoms with E-state index in [0.717, 1.165) is 44.1 Å². The smallest absolute Gasteiger partial charge is 0.276 e. The first kappa shape index (κ1) is 18.0. The number of pyridine rings is 1. The lowest BCUT2D eigenvalue weighted by molar-refractivity contribution is 0.599. The SMILES string of the molecule is Cc1ccc(-c2ccnc(CBO)c2-c2ccc(C)c(Cl)c2)cc1Cl. The lowest BCUT2D eigenvalue weighted by atomic mass is 9.85. The molecule has 0 fully saturated rings. The van der Waals surface area contributed by atoms with E-state index >= 15 is 0 Å². The van der Waals surface area contributed by atoms with Gasteiger partial charge in [0.15, 0.2) is 0 Å². The van der Waals surface area contributed by atoms with Crippen molar-refractivity contribution in [3.8, 4) is 22.3 Å². The highest BCUT2D eigenvalue weighted by Gasteiger charge is 2.15. The molecule has 3 rings (SSSR count). The highest BCUT2D eigenvalue weighted by Crippen LogP contribution is 2.37. The van der Waals surface area contributed by atoms with Crippen molar-refractivity contribution < 1.29 is 5.02 Å². The largest absolute Gasteiger partial charge is 0.454 e. The second kappa shape index (κ2) is 7.61. The van der Waals surface area contributed by atoms with E-state index < -0.39 is 0 Å². The molecule has 5 heteroatoms. The maximum Gasteiger partial charge on any atom is 0.276 e. The number of nitrogens with zero attached hydrogens (tertiary/aromatic N) is 1. The van der Waals surface area contributed by atoms with Gasteiger partial charge in [-0.2, -0.15) is 0 Å². The predicted octanol–water partition coefficient (Wildman–Crippen LogP) is 5.18. The minimum atomic E-state index is 0.0394. The van der Waals surface area contributed by atoms with E-state index in [4.69, 9.17) is 23.2 Å². The molecule has 0 atom stereocenters. The minimum Gasteiger partial charge on any atom is -0.454 e. The van der Waals surface area contributed by atoms with Gasteiger partial charge in [-0.05, 0) is 66.2 Å². The third kappa shape index (κ3) is 3.74. The van der Waals surface area contributed by atoms with Crippen LogP contribution in [0.15, 0.2) is 48.7 Å². The summed E-state index contributed by atoms with van der Waals surface area (Å²) in [6, 6.07) is 14.0. The Morgan fingerprint density at radius 1 is 0.920 bits per heavy atom. The molecule has 0 bridgehead atoms. The lowest BCUT2D eigenvalue weighted by Gasteiger charge is -2.15. The summed E-state index contributed by atoms with van der Waals surface area (Å²) in [5.74, 6) is 0. The zero-order chi connectivity index (χ0) is 18.0. The Balaban J connectivity index is 2.26. The van der Waals surface area contributed by atoms with E-state index in [-0.39, 0.29) is 7.48 Å². The summed E-state index contributed by atoms with van der Waals surface area (Å²) in [5, 5.41) is 10.9. The zero-order valence-electron chi connectivity index (χ0n) is 14.2. The number of rotatable bonds is 4. The standard InChI is InChI=1S/C20H18BCl2NO/c1-12-3-5-14(9-17(12)22)16-7-8-24-19(11-21-25)20(16)15-6-4-13(2)18(23)10-15/h3-10,21,25H,11H2,1-2H3. The first-order valence-corrected chi connectivity index (χ1v) is 8.88. The average Bonchev–Trinajstić information content (AvgIpc) is 2.60.